The lowest BCUT2D eigenvalue weighted by molar-refractivity contribution is 0.573. The molecule has 1 unspecified atom stereocenters. The van der Waals surface area contributed by atoms with E-state index in [0.717, 1.165) is 19.5 Å². The van der Waals surface area contributed by atoms with Crippen molar-refractivity contribution in [2.75, 3.05) is 18.0 Å². The van der Waals surface area contributed by atoms with E-state index in [1.54, 1.807) is 0 Å². The number of hydrogen-bond acceptors (Lipinski definition) is 2. The minimum atomic E-state index is 0.0555. The largest absolute Gasteiger partial charge is 0.371 e. The third kappa shape index (κ3) is 3.50. The molecule has 0 saturated carbocycles. The van der Waals surface area contributed by atoms with Gasteiger partial charge in [0, 0.05) is 24.8 Å². The van der Waals surface area contributed by atoms with Crippen LogP contribution in [0.25, 0.3) is 0 Å². The summed E-state index contributed by atoms with van der Waals surface area (Å²) in [6.07, 6.45) is 4.84. The number of piperidine rings is 1. The normalized spacial score (nSPS) is 16.5. The van der Waals surface area contributed by atoms with Crippen molar-refractivity contribution in [1.82, 2.24) is 0 Å². The van der Waals surface area contributed by atoms with Gasteiger partial charge in [0.2, 0.25) is 0 Å². The molecule has 2 aromatic carbocycles. The van der Waals surface area contributed by atoms with Gasteiger partial charge in [-0.1, -0.05) is 48.0 Å². The van der Waals surface area contributed by atoms with Gasteiger partial charge in [0.05, 0.1) is 0 Å². The van der Waals surface area contributed by atoms with Gasteiger partial charge in [0.15, 0.2) is 0 Å². The van der Waals surface area contributed by atoms with Gasteiger partial charge in [-0.25, -0.2) is 0 Å². The van der Waals surface area contributed by atoms with Crippen molar-refractivity contribution in [1.29, 1.82) is 0 Å². The number of hydrogen-bond donors (Lipinski definition) is 1. The van der Waals surface area contributed by atoms with Gasteiger partial charge in [-0.3, -0.25) is 0 Å². The predicted octanol–water partition coefficient (Wildman–Crippen LogP) is 4.23. The molecular formula is C20H26N2. The molecule has 0 amide bonds. The maximum absolute atomic E-state index is 6.56. The maximum Gasteiger partial charge on any atom is 0.0414 e. The Hall–Kier alpha value is -1.80. The zero-order valence-corrected chi connectivity index (χ0v) is 13.5. The minimum absolute atomic E-state index is 0.0555. The van der Waals surface area contributed by atoms with Crippen molar-refractivity contribution in [3.05, 3.63) is 65.2 Å². The molecule has 2 aromatic rings. The van der Waals surface area contributed by atoms with Crippen LogP contribution in [0.1, 0.15) is 42.0 Å². The van der Waals surface area contributed by atoms with Gasteiger partial charge in [-0.05, 0) is 49.8 Å². The topological polar surface area (TPSA) is 29.3 Å². The summed E-state index contributed by atoms with van der Waals surface area (Å²) in [5.41, 5.74) is 11.8. The third-order valence-electron chi connectivity index (χ3n) is 4.57. The monoisotopic (exact) mass is 294 g/mol. The zero-order valence-electron chi connectivity index (χ0n) is 13.5. The summed E-state index contributed by atoms with van der Waals surface area (Å²) in [6.45, 7) is 4.46. The molecule has 1 aliphatic rings. The molecule has 0 spiro atoms. The smallest absolute Gasteiger partial charge is 0.0414 e. The van der Waals surface area contributed by atoms with E-state index in [0.29, 0.717) is 0 Å². The van der Waals surface area contributed by atoms with E-state index in [9.17, 15) is 0 Å². The number of rotatable bonds is 4. The predicted molar refractivity (Wildman–Crippen MR) is 94.3 cm³/mol. The summed E-state index contributed by atoms with van der Waals surface area (Å²) in [5, 5.41) is 0. The average molecular weight is 294 g/mol. The van der Waals surface area contributed by atoms with Crippen molar-refractivity contribution in [3.8, 4) is 0 Å². The summed E-state index contributed by atoms with van der Waals surface area (Å²) in [7, 11) is 0. The number of aryl methyl sites for hydroxylation is 1. The van der Waals surface area contributed by atoms with Crippen molar-refractivity contribution in [3.63, 3.8) is 0 Å². The second kappa shape index (κ2) is 6.97. The Morgan fingerprint density at radius 1 is 1.00 bits per heavy atom. The molecule has 0 aliphatic carbocycles. The fraction of sp³-hybridized carbons (Fsp3) is 0.400. The highest BCUT2D eigenvalue weighted by atomic mass is 15.1. The molecule has 1 fully saturated rings. The Balaban J connectivity index is 1.81. The Labute approximate surface area is 134 Å². The number of para-hydroxylation sites is 1. The first-order valence-corrected chi connectivity index (χ1v) is 8.39. The number of nitrogens with zero attached hydrogens (tertiary/aromatic N) is 1. The van der Waals surface area contributed by atoms with Crippen LogP contribution in [0.3, 0.4) is 0 Å². The number of benzene rings is 2. The molecule has 22 heavy (non-hydrogen) atoms. The van der Waals surface area contributed by atoms with Crippen molar-refractivity contribution < 1.29 is 0 Å². The van der Waals surface area contributed by atoms with Gasteiger partial charge in [0.1, 0.15) is 0 Å². The Bertz CT molecular complexity index is 615. The van der Waals surface area contributed by atoms with Crippen molar-refractivity contribution >= 4 is 5.69 Å². The number of anilines is 1. The van der Waals surface area contributed by atoms with Crippen LogP contribution in [0, 0.1) is 6.92 Å². The van der Waals surface area contributed by atoms with E-state index in [1.807, 2.05) is 0 Å². The molecular weight excluding hydrogens is 268 g/mol. The molecule has 1 aliphatic heterocycles. The molecule has 2 N–H and O–H groups in total. The maximum atomic E-state index is 6.56. The Kier molecular flexibility index (Phi) is 4.79. The van der Waals surface area contributed by atoms with Crippen LogP contribution in [0.15, 0.2) is 48.5 Å². The standard InChI is InChI=1S/C20H26N2/c1-16-8-7-9-17(14-16)15-19(21)18-10-3-4-11-20(18)22-12-5-2-6-13-22/h3-4,7-11,14,19H,2,5-6,12-13,15,21H2,1H3. The van der Waals surface area contributed by atoms with Gasteiger partial charge >= 0.3 is 0 Å². The highest BCUT2D eigenvalue weighted by Crippen LogP contribution is 2.29. The van der Waals surface area contributed by atoms with Crippen LogP contribution in [0.4, 0.5) is 5.69 Å². The van der Waals surface area contributed by atoms with E-state index in [1.165, 1.54) is 41.6 Å². The van der Waals surface area contributed by atoms with Crippen molar-refractivity contribution in [2.45, 2.75) is 38.6 Å². The third-order valence-corrected chi connectivity index (χ3v) is 4.57. The van der Waals surface area contributed by atoms with E-state index in [4.69, 9.17) is 5.73 Å². The molecule has 2 nitrogen and oxygen atoms in total. The molecule has 2 heteroatoms. The first kappa shape index (κ1) is 15.1. The molecule has 3 rings (SSSR count). The second-order valence-electron chi connectivity index (χ2n) is 6.41. The lowest BCUT2D eigenvalue weighted by Gasteiger charge is -2.32. The lowest BCUT2D eigenvalue weighted by atomic mass is 9.96. The van der Waals surface area contributed by atoms with Crippen LogP contribution in [0.2, 0.25) is 0 Å². The van der Waals surface area contributed by atoms with Gasteiger partial charge in [-0.15, -0.1) is 0 Å². The minimum Gasteiger partial charge on any atom is -0.371 e. The summed E-state index contributed by atoms with van der Waals surface area (Å²) >= 11 is 0. The fourth-order valence-corrected chi connectivity index (χ4v) is 3.43. The summed E-state index contributed by atoms with van der Waals surface area (Å²) < 4.78 is 0. The van der Waals surface area contributed by atoms with E-state index < -0.39 is 0 Å². The SMILES string of the molecule is Cc1cccc(CC(N)c2ccccc2N2CCCCC2)c1. The van der Waals surface area contributed by atoms with Crippen LogP contribution >= 0.6 is 0 Å². The highest BCUT2D eigenvalue weighted by molar-refractivity contribution is 5.55. The van der Waals surface area contributed by atoms with Gasteiger partial charge in [-0.2, -0.15) is 0 Å². The Morgan fingerprint density at radius 3 is 2.55 bits per heavy atom. The average Bonchev–Trinajstić information content (AvgIpc) is 2.56. The van der Waals surface area contributed by atoms with Gasteiger partial charge < -0.3 is 10.6 Å². The van der Waals surface area contributed by atoms with Crippen molar-refractivity contribution in [2.24, 2.45) is 5.73 Å². The van der Waals surface area contributed by atoms with E-state index in [2.05, 4.69) is 60.4 Å². The zero-order chi connectivity index (χ0) is 15.4. The van der Waals surface area contributed by atoms with Crippen LogP contribution in [-0.4, -0.2) is 13.1 Å². The Morgan fingerprint density at radius 2 is 1.77 bits per heavy atom. The molecule has 1 heterocycles. The number of nitrogens with two attached hydrogens (primary N) is 1. The quantitative estimate of drug-likeness (QED) is 0.914. The summed E-state index contributed by atoms with van der Waals surface area (Å²) in [5.74, 6) is 0. The first-order valence-electron chi connectivity index (χ1n) is 8.39. The summed E-state index contributed by atoms with van der Waals surface area (Å²) in [4.78, 5) is 2.51. The molecule has 0 aromatic heterocycles. The van der Waals surface area contributed by atoms with Crippen LogP contribution in [-0.2, 0) is 6.42 Å². The highest BCUT2D eigenvalue weighted by Gasteiger charge is 2.17. The molecule has 0 radical (unpaired) electrons. The molecule has 116 valence electrons. The van der Waals surface area contributed by atoms with E-state index >= 15 is 0 Å². The van der Waals surface area contributed by atoms with Gasteiger partial charge in [0.25, 0.3) is 0 Å². The fourth-order valence-electron chi connectivity index (χ4n) is 3.43. The van der Waals surface area contributed by atoms with Crippen LogP contribution in [0.5, 0.6) is 0 Å². The second-order valence-corrected chi connectivity index (χ2v) is 6.41. The van der Waals surface area contributed by atoms with Crippen LogP contribution < -0.4 is 10.6 Å². The lowest BCUT2D eigenvalue weighted by Crippen LogP contribution is -2.31. The molecule has 1 saturated heterocycles. The molecule has 1 atom stereocenters. The first-order chi connectivity index (χ1) is 10.7. The molecule has 0 bridgehead atoms. The summed E-state index contributed by atoms with van der Waals surface area (Å²) in [6, 6.07) is 17.4. The van der Waals surface area contributed by atoms with E-state index in [-0.39, 0.29) is 6.04 Å².